The minimum absolute atomic E-state index is 0.422. The summed E-state index contributed by atoms with van der Waals surface area (Å²) in [5, 5.41) is 1.63. The lowest BCUT2D eigenvalue weighted by atomic mass is 10.1. The van der Waals surface area contributed by atoms with Gasteiger partial charge in [-0.05, 0) is 25.7 Å². The normalized spacial score (nSPS) is 15.5. The van der Waals surface area contributed by atoms with Gasteiger partial charge >= 0.3 is 0 Å². The van der Waals surface area contributed by atoms with Crippen molar-refractivity contribution in [3.63, 3.8) is 0 Å². The lowest BCUT2D eigenvalue weighted by Crippen LogP contribution is -2.37. The predicted octanol–water partition coefficient (Wildman–Crippen LogP) is 1.19. The molecule has 0 spiro atoms. The standard InChI is InChI=1S/C10H20ClNO3S/c1-8(7-11)5-4-6-12-10(13)9(2)16(3,14)15/h8-9H,4-7H2,1-3H3,(H,12,13). The van der Waals surface area contributed by atoms with Crippen LogP contribution in [0.25, 0.3) is 0 Å². The fourth-order valence-electron chi connectivity index (χ4n) is 1.08. The molecule has 0 heterocycles. The maximum Gasteiger partial charge on any atom is 0.238 e. The van der Waals surface area contributed by atoms with E-state index in [1.807, 2.05) is 6.92 Å². The summed E-state index contributed by atoms with van der Waals surface area (Å²) < 4.78 is 22.2. The Labute approximate surface area is 103 Å². The maximum absolute atomic E-state index is 11.4. The highest BCUT2D eigenvalue weighted by molar-refractivity contribution is 7.92. The molecule has 96 valence electrons. The quantitative estimate of drug-likeness (QED) is 0.558. The molecule has 0 aliphatic rings. The van der Waals surface area contributed by atoms with Gasteiger partial charge < -0.3 is 5.32 Å². The van der Waals surface area contributed by atoms with E-state index in [2.05, 4.69) is 5.32 Å². The van der Waals surface area contributed by atoms with Crippen molar-refractivity contribution in [2.75, 3.05) is 18.7 Å². The molecule has 2 unspecified atom stereocenters. The van der Waals surface area contributed by atoms with Crippen LogP contribution in [0.4, 0.5) is 0 Å². The molecule has 0 aliphatic carbocycles. The Morgan fingerprint density at radius 2 is 1.94 bits per heavy atom. The van der Waals surface area contributed by atoms with Gasteiger partial charge in [0.05, 0.1) is 0 Å². The number of alkyl halides is 1. The number of carbonyl (C=O) groups excluding carboxylic acids is 1. The second kappa shape index (κ2) is 7.12. The van der Waals surface area contributed by atoms with E-state index in [-0.39, 0.29) is 0 Å². The zero-order valence-corrected chi connectivity index (χ0v) is 11.6. The fraction of sp³-hybridized carbons (Fsp3) is 0.900. The Bertz CT molecular complexity index is 316. The van der Waals surface area contributed by atoms with E-state index in [9.17, 15) is 13.2 Å². The number of carbonyl (C=O) groups is 1. The van der Waals surface area contributed by atoms with Crippen LogP contribution in [0.3, 0.4) is 0 Å². The van der Waals surface area contributed by atoms with Crippen LogP contribution < -0.4 is 5.32 Å². The van der Waals surface area contributed by atoms with Crippen LogP contribution in [0.15, 0.2) is 0 Å². The minimum Gasteiger partial charge on any atom is -0.355 e. The molecule has 4 nitrogen and oxygen atoms in total. The fourth-order valence-corrected chi connectivity index (χ4v) is 1.70. The Morgan fingerprint density at radius 3 is 2.38 bits per heavy atom. The molecule has 0 aromatic carbocycles. The largest absolute Gasteiger partial charge is 0.355 e. The van der Waals surface area contributed by atoms with Crippen LogP contribution in [0.5, 0.6) is 0 Å². The first-order valence-electron chi connectivity index (χ1n) is 5.31. The van der Waals surface area contributed by atoms with Crippen LogP contribution in [-0.4, -0.2) is 38.3 Å². The molecular weight excluding hydrogens is 250 g/mol. The Morgan fingerprint density at radius 1 is 1.38 bits per heavy atom. The maximum atomic E-state index is 11.4. The third kappa shape index (κ3) is 6.33. The van der Waals surface area contributed by atoms with E-state index < -0.39 is 21.0 Å². The van der Waals surface area contributed by atoms with E-state index >= 15 is 0 Å². The zero-order chi connectivity index (χ0) is 12.8. The summed E-state index contributed by atoms with van der Waals surface area (Å²) in [4.78, 5) is 11.4. The summed E-state index contributed by atoms with van der Waals surface area (Å²) in [5.74, 6) is 0.597. The van der Waals surface area contributed by atoms with Gasteiger partial charge in [-0.25, -0.2) is 8.42 Å². The van der Waals surface area contributed by atoms with Crippen molar-refractivity contribution in [1.82, 2.24) is 5.32 Å². The van der Waals surface area contributed by atoms with E-state index in [4.69, 9.17) is 11.6 Å². The van der Waals surface area contributed by atoms with Crippen LogP contribution in [0, 0.1) is 5.92 Å². The number of hydrogen-bond donors (Lipinski definition) is 1. The lowest BCUT2D eigenvalue weighted by molar-refractivity contribution is -0.120. The number of rotatable bonds is 7. The molecule has 6 heteroatoms. The second-order valence-electron chi connectivity index (χ2n) is 4.16. The summed E-state index contributed by atoms with van der Waals surface area (Å²) >= 11 is 5.64. The SMILES string of the molecule is CC(CCl)CCCNC(=O)C(C)S(C)(=O)=O. The molecule has 16 heavy (non-hydrogen) atoms. The van der Waals surface area contributed by atoms with Gasteiger partial charge in [0.15, 0.2) is 9.84 Å². The molecular formula is C10H20ClNO3S. The average molecular weight is 270 g/mol. The molecule has 1 N–H and O–H groups in total. The van der Waals surface area contributed by atoms with E-state index in [1.54, 1.807) is 0 Å². The summed E-state index contributed by atoms with van der Waals surface area (Å²) in [6.07, 6.45) is 2.81. The number of hydrogen-bond acceptors (Lipinski definition) is 3. The Hall–Kier alpha value is -0.290. The van der Waals surface area contributed by atoms with E-state index in [0.717, 1.165) is 19.1 Å². The van der Waals surface area contributed by atoms with Crippen molar-refractivity contribution in [3.05, 3.63) is 0 Å². The van der Waals surface area contributed by atoms with E-state index in [0.29, 0.717) is 18.3 Å². The molecule has 1 amide bonds. The van der Waals surface area contributed by atoms with Crippen molar-refractivity contribution in [2.24, 2.45) is 5.92 Å². The molecule has 0 bridgehead atoms. The van der Waals surface area contributed by atoms with Gasteiger partial charge in [0, 0.05) is 18.7 Å². The van der Waals surface area contributed by atoms with Gasteiger partial charge in [0.2, 0.25) is 5.91 Å². The van der Waals surface area contributed by atoms with Crippen molar-refractivity contribution in [3.8, 4) is 0 Å². The first-order valence-corrected chi connectivity index (χ1v) is 7.80. The van der Waals surface area contributed by atoms with Crippen molar-refractivity contribution < 1.29 is 13.2 Å². The predicted molar refractivity (Wildman–Crippen MR) is 66.4 cm³/mol. The molecule has 2 atom stereocenters. The second-order valence-corrected chi connectivity index (χ2v) is 6.84. The van der Waals surface area contributed by atoms with Crippen LogP contribution in [-0.2, 0) is 14.6 Å². The highest BCUT2D eigenvalue weighted by Crippen LogP contribution is 2.06. The van der Waals surface area contributed by atoms with Crippen molar-refractivity contribution in [1.29, 1.82) is 0 Å². The van der Waals surface area contributed by atoms with Gasteiger partial charge in [-0.2, -0.15) is 0 Å². The minimum atomic E-state index is -3.29. The zero-order valence-electron chi connectivity index (χ0n) is 9.99. The first kappa shape index (κ1) is 15.7. The Balaban J connectivity index is 3.83. The topological polar surface area (TPSA) is 63.2 Å². The number of nitrogens with one attached hydrogen (secondary N) is 1. The van der Waals surface area contributed by atoms with E-state index in [1.165, 1.54) is 6.92 Å². The van der Waals surface area contributed by atoms with Gasteiger partial charge in [0.1, 0.15) is 5.25 Å². The van der Waals surface area contributed by atoms with Gasteiger partial charge in [-0.1, -0.05) is 6.92 Å². The summed E-state index contributed by atoms with van der Waals surface area (Å²) in [6, 6.07) is 0. The molecule has 0 saturated heterocycles. The summed E-state index contributed by atoms with van der Waals surface area (Å²) in [7, 11) is -3.29. The highest BCUT2D eigenvalue weighted by Gasteiger charge is 2.22. The monoisotopic (exact) mass is 269 g/mol. The van der Waals surface area contributed by atoms with Gasteiger partial charge in [0.25, 0.3) is 0 Å². The molecule has 0 radical (unpaired) electrons. The molecule has 0 aliphatic heterocycles. The highest BCUT2D eigenvalue weighted by atomic mass is 35.5. The first-order chi connectivity index (χ1) is 7.29. The van der Waals surface area contributed by atoms with Gasteiger partial charge in [-0.15, -0.1) is 11.6 Å². The molecule has 0 aromatic heterocycles. The summed E-state index contributed by atoms with van der Waals surface area (Å²) in [6.45, 7) is 3.93. The number of sulfone groups is 1. The molecule has 0 rings (SSSR count). The van der Waals surface area contributed by atoms with Gasteiger partial charge in [-0.3, -0.25) is 4.79 Å². The van der Waals surface area contributed by atoms with Crippen LogP contribution in [0.1, 0.15) is 26.7 Å². The molecule has 0 saturated carbocycles. The third-order valence-electron chi connectivity index (χ3n) is 2.45. The van der Waals surface area contributed by atoms with Crippen molar-refractivity contribution >= 4 is 27.3 Å². The van der Waals surface area contributed by atoms with Crippen LogP contribution in [0.2, 0.25) is 0 Å². The number of amides is 1. The lowest BCUT2D eigenvalue weighted by Gasteiger charge is -2.11. The third-order valence-corrected chi connectivity index (χ3v) is 4.47. The smallest absolute Gasteiger partial charge is 0.238 e. The van der Waals surface area contributed by atoms with Crippen molar-refractivity contribution in [2.45, 2.75) is 31.9 Å². The summed E-state index contributed by atoms with van der Waals surface area (Å²) in [5.41, 5.74) is 0. The van der Waals surface area contributed by atoms with Crippen LogP contribution >= 0.6 is 11.6 Å². The molecule has 0 aromatic rings. The number of halogens is 1. The molecule has 0 fully saturated rings. The average Bonchev–Trinajstić information content (AvgIpc) is 2.21. The Kier molecular flexibility index (Phi) is 6.99.